The molecule has 0 aliphatic heterocycles. The molecule has 0 aliphatic carbocycles. The SMILES string of the molecule is C=CC(=O)Nc1cc(Nc2nccc(-c3cc(C#N)c4ccccn34)n2)c(OC)nc1N(C)CCN(C)C. The second-order valence-electron chi connectivity index (χ2n) is 8.74. The van der Waals surface area contributed by atoms with Gasteiger partial charge in [0.2, 0.25) is 17.7 Å². The van der Waals surface area contributed by atoms with Gasteiger partial charge in [-0.05, 0) is 50.5 Å². The fourth-order valence-electron chi connectivity index (χ4n) is 3.88. The standard InChI is InChI=1S/C27H29N9O2/c1-6-24(37)30-20-16-21(26(38-5)33-25(20)35(4)14-13-34(2)3)32-27-29-11-10-19(31-27)23-15-18(17-28)22-9-7-8-12-36(22)23/h6-12,15-16H,1,13-14H2,2-5H3,(H,30,37)(H,29,31,32). The number of nitrogens with zero attached hydrogens (tertiary/aromatic N) is 7. The van der Waals surface area contributed by atoms with E-state index in [0.29, 0.717) is 46.8 Å². The van der Waals surface area contributed by atoms with Crippen molar-refractivity contribution in [1.82, 2.24) is 24.3 Å². The molecule has 0 unspecified atom stereocenters. The van der Waals surface area contributed by atoms with E-state index in [1.54, 1.807) is 24.4 Å². The van der Waals surface area contributed by atoms with Crippen molar-refractivity contribution in [2.75, 3.05) is 56.9 Å². The first-order chi connectivity index (χ1) is 18.3. The molecule has 0 saturated carbocycles. The number of ether oxygens (including phenoxy) is 1. The highest BCUT2D eigenvalue weighted by molar-refractivity contribution is 6.01. The van der Waals surface area contributed by atoms with E-state index in [0.717, 1.165) is 17.8 Å². The van der Waals surface area contributed by atoms with Gasteiger partial charge in [-0.2, -0.15) is 10.2 Å². The summed E-state index contributed by atoms with van der Waals surface area (Å²) in [6.07, 6.45) is 4.71. The van der Waals surface area contributed by atoms with Crippen LogP contribution in [0.25, 0.3) is 16.9 Å². The fraction of sp³-hybridized carbons (Fsp3) is 0.222. The van der Waals surface area contributed by atoms with Gasteiger partial charge in [0, 0.05) is 32.5 Å². The van der Waals surface area contributed by atoms with Gasteiger partial charge in [-0.1, -0.05) is 12.6 Å². The Balaban J connectivity index is 1.72. The lowest BCUT2D eigenvalue weighted by atomic mass is 10.2. The minimum atomic E-state index is -0.364. The van der Waals surface area contributed by atoms with Gasteiger partial charge in [0.15, 0.2) is 5.82 Å². The molecule has 2 N–H and O–H groups in total. The maximum absolute atomic E-state index is 12.2. The van der Waals surface area contributed by atoms with E-state index < -0.39 is 0 Å². The Labute approximate surface area is 221 Å². The predicted octanol–water partition coefficient (Wildman–Crippen LogP) is 3.54. The van der Waals surface area contributed by atoms with Crippen molar-refractivity contribution in [3.63, 3.8) is 0 Å². The van der Waals surface area contributed by atoms with Crippen molar-refractivity contribution in [3.05, 3.63) is 67.0 Å². The molecule has 4 heterocycles. The van der Waals surface area contributed by atoms with E-state index in [9.17, 15) is 10.1 Å². The smallest absolute Gasteiger partial charge is 0.247 e. The van der Waals surface area contributed by atoms with Gasteiger partial charge in [-0.3, -0.25) is 4.79 Å². The number of nitrogens with one attached hydrogen (secondary N) is 2. The third kappa shape index (κ3) is 5.55. The number of hydrogen-bond acceptors (Lipinski definition) is 9. The number of anilines is 4. The summed E-state index contributed by atoms with van der Waals surface area (Å²) in [7, 11) is 7.39. The number of aromatic nitrogens is 4. The minimum absolute atomic E-state index is 0.293. The zero-order valence-electron chi connectivity index (χ0n) is 21.8. The van der Waals surface area contributed by atoms with Gasteiger partial charge in [-0.25, -0.2) is 9.97 Å². The molecule has 0 bridgehead atoms. The molecular formula is C27H29N9O2. The number of pyridine rings is 2. The Morgan fingerprint density at radius 3 is 2.71 bits per heavy atom. The number of nitriles is 1. The number of likely N-dealkylation sites (N-methyl/N-ethyl adjacent to an activating group) is 2. The molecule has 4 aromatic rings. The Kier molecular flexibility index (Phi) is 7.84. The monoisotopic (exact) mass is 511 g/mol. The number of fused-ring (bicyclic) bond motifs is 1. The van der Waals surface area contributed by atoms with Crippen LogP contribution in [0.15, 0.2) is 61.4 Å². The molecule has 0 atom stereocenters. The van der Waals surface area contributed by atoms with E-state index >= 15 is 0 Å². The molecule has 0 fully saturated rings. The molecule has 0 aromatic carbocycles. The summed E-state index contributed by atoms with van der Waals surface area (Å²) >= 11 is 0. The highest BCUT2D eigenvalue weighted by atomic mass is 16.5. The average Bonchev–Trinajstić information content (AvgIpc) is 3.31. The summed E-state index contributed by atoms with van der Waals surface area (Å²) in [4.78, 5) is 29.9. The third-order valence-corrected chi connectivity index (χ3v) is 5.81. The number of amides is 1. The van der Waals surface area contributed by atoms with E-state index in [4.69, 9.17) is 4.74 Å². The molecular weight excluding hydrogens is 482 g/mol. The molecule has 11 nitrogen and oxygen atoms in total. The molecule has 194 valence electrons. The average molecular weight is 512 g/mol. The molecule has 11 heteroatoms. The van der Waals surface area contributed by atoms with Gasteiger partial charge in [0.05, 0.1) is 35.3 Å². The van der Waals surface area contributed by atoms with Crippen LogP contribution in [-0.4, -0.2) is 71.5 Å². The van der Waals surface area contributed by atoms with Crippen LogP contribution >= 0.6 is 0 Å². The summed E-state index contributed by atoms with van der Waals surface area (Å²) in [5.41, 5.74) is 3.66. The summed E-state index contributed by atoms with van der Waals surface area (Å²) in [6.45, 7) is 5.01. The molecule has 0 radical (unpaired) electrons. The zero-order chi connectivity index (χ0) is 27.2. The molecule has 0 spiro atoms. The Morgan fingerprint density at radius 1 is 1.18 bits per heavy atom. The number of carbonyl (C=O) groups excluding carboxylic acids is 1. The van der Waals surface area contributed by atoms with Crippen LogP contribution in [0.4, 0.5) is 23.1 Å². The van der Waals surface area contributed by atoms with E-state index in [2.05, 4.69) is 43.1 Å². The van der Waals surface area contributed by atoms with Crippen molar-refractivity contribution >= 4 is 34.6 Å². The molecule has 4 aromatic heterocycles. The maximum atomic E-state index is 12.2. The van der Waals surface area contributed by atoms with Gasteiger partial charge in [0.25, 0.3) is 0 Å². The summed E-state index contributed by atoms with van der Waals surface area (Å²) < 4.78 is 7.48. The maximum Gasteiger partial charge on any atom is 0.247 e. The molecule has 0 aliphatic rings. The summed E-state index contributed by atoms with van der Waals surface area (Å²) in [6, 6.07) is 13.2. The minimum Gasteiger partial charge on any atom is -0.479 e. The zero-order valence-corrected chi connectivity index (χ0v) is 21.8. The first-order valence-electron chi connectivity index (χ1n) is 11.8. The third-order valence-electron chi connectivity index (χ3n) is 5.81. The molecule has 4 rings (SSSR count). The van der Waals surface area contributed by atoms with Gasteiger partial charge in [-0.15, -0.1) is 0 Å². The van der Waals surface area contributed by atoms with Crippen molar-refractivity contribution in [1.29, 1.82) is 5.26 Å². The summed E-state index contributed by atoms with van der Waals surface area (Å²) in [5.74, 6) is 0.781. The van der Waals surface area contributed by atoms with Gasteiger partial charge < -0.3 is 29.6 Å². The molecule has 0 saturated heterocycles. The highest BCUT2D eigenvalue weighted by Crippen LogP contribution is 2.35. The van der Waals surface area contributed by atoms with E-state index in [-0.39, 0.29) is 5.91 Å². The van der Waals surface area contributed by atoms with Gasteiger partial charge >= 0.3 is 0 Å². The Hall–Kier alpha value is -4.95. The normalized spacial score (nSPS) is 10.7. The molecule has 38 heavy (non-hydrogen) atoms. The van der Waals surface area contributed by atoms with Crippen LogP contribution < -0.4 is 20.3 Å². The van der Waals surface area contributed by atoms with Crippen LogP contribution in [0.2, 0.25) is 0 Å². The van der Waals surface area contributed by atoms with Crippen molar-refractivity contribution in [2.45, 2.75) is 0 Å². The predicted molar refractivity (Wildman–Crippen MR) is 148 cm³/mol. The lowest BCUT2D eigenvalue weighted by Crippen LogP contribution is -2.30. The quantitative estimate of drug-likeness (QED) is 0.308. The van der Waals surface area contributed by atoms with E-state index in [1.165, 1.54) is 13.2 Å². The number of hydrogen-bond donors (Lipinski definition) is 2. The van der Waals surface area contributed by atoms with Crippen LogP contribution in [0.1, 0.15) is 5.56 Å². The Bertz CT molecular complexity index is 1520. The largest absolute Gasteiger partial charge is 0.479 e. The van der Waals surface area contributed by atoms with Crippen LogP contribution in [0, 0.1) is 11.3 Å². The second kappa shape index (κ2) is 11.4. The van der Waals surface area contributed by atoms with Crippen molar-refractivity contribution in [3.8, 4) is 23.3 Å². The topological polar surface area (TPSA) is 124 Å². The Morgan fingerprint density at radius 2 is 2.00 bits per heavy atom. The number of carbonyl (C=O) groups is 1. The second-order valence-corrected chi connectivity index (χ2v) is 8.74. The van der Waals surface area contributed by atoms with Crippen LogP contribution in [0.5, 0.6) is 5.88 Å². The number of rotatable bonds is 10. The lowest BCUT2D eigenvalue weighted by Gasteiger charge is -2.24. The van der Waals surface area contributed by atoms with Crippen molar-refractivity contribution in [2.24, 2.45) is 0 Å². The first-order valence-corrected chi connectivity index (χ1v) is 11.8. The highest BCUT2D eigenvalue weighted by Gasteiger charge is 2.19. The van der Waals surface area contributed by atoms with Crippen molar-refractivity contribution < 1.29 is 9.53 Å². The van der Waals surface area contributed by atoms with Crippen LogP contribution in [-0.2, 0) is 4.79 Å². The van der Waals surface area contributed by atoms with E-state index in [1.807, 2.05) is 54.8 Å². The van der Waals surface area contributed by atoms with Crippen LogP contribution in [0.3, 0.4) is 0 Å². The number of methoxy groups -OCH3 is 1. The summed E-state index contributed by atoms with van der Waals surface area (Å²) in [5, 5.41) is 15.6. The lowest BCUT2D eigenvalue weighted by molar-refractivity contribution is -0.111. The van der Waals surface area contributed by atoms with Gasteiger partial charge in [0.1, 0.15) is 11.8 Å². The molecule has 1 amide bonds. The fourth-order valence-corrected chi connectivity index (χ4v) is 3.88. The first kappa shape index (κ1) is 26.1.